The van der Waals surface area contributed by atoms with Gasteiger partial charge in [0.2, 0.25) is 0 Å². The Bertz CT molecular complexity index is 1250. The van der Waals surface area contributed by atoms with Crippen LogP contribution in [-0.4, -0.2) is 30.2 Å². The van der Waals surface area contributed by atoms with Gasteiger partial charge in [-0.2, -0.15) is 13.2 Å². The molecule has 0 aliphatic carbocycles. The molecule has 182 valence electrons. The van der Waals surface area contributed by atoms with E-state index in [1.807, 2.05) is 13.0 Å². The first kappa shape index (κ1) is 24.1. The molecule has 0 aromatic heterocycles. The number of benzene rings is 3. The molecule has 0 unspecified atom stereocenters. The molecule has 0 saturated carbocycles. The number of fused-ring (bicyclic) bond motifs is 1. The smallest absolute Gasteiger partial charge is 0.416 e. The number of carbonyl (C=O) groups excluding carboxylic acids is 1. The summed E-state index contributed by atoms with van der Waals surface area (Å²) in [5.74, 6) is -0.376. The number of nitrogens with zero attached hydrogens (tertiary/aromatic N) is 1. The average molecular weight is 485 g/mol. The summed E-state index contributed by atoms with van der Waals surface area (Å²) in [5, 5.41) is 8.79. The number of rotatable bonds is 8. The van der Waals surface area contributed by atoms with E-state index >= 15 is 0 Å². The summed E-state index contributed by atoms with van der Waals surface area (Å²) in [6, 6.07) is 15.1. The highest BCUT2D eigenvalue weighted by Gasteiger charge is 2.33. The standard InChI is InChI=1S/C26H22F3NO5/c1-16-11-17(13-20(12-16)35-15-24(31)32)9-10-34-23-4-2-3-21-22(23)14-30(25(21)33)19-7-5-18(6-8-19)26(27,28)29/h2-8,11-13H,9-10,14-15H2,1H3,(H,31,32). The van der Waals surface area contributed by atoms with Gasteiger partial charge in [-0.15, -0.1) is 0 Å². The van der Waals surface area contributed by atoms with Crippen molar-refractivity contribution in [2.24, 2.45) is 0 Å². The maximum atomic E-state index is 12.9. The molecular weight excluding hydrogens is 463 g/mol. The number of carboxylic acid groups (broad SMARTS) is 1. The fraction of sp³-hybridized carbons (Fsp3) is 0.231. The highest BCUT2D eigenvalue weighted by molar-refractivity contribution is 6.10. The minimum atomic E-state index is -4.45. The molecule has 0 spiro atoms. The van der Waals surface area contributed by atoms with E-state index in [4.69, 9.17) is 14.6 Å². The Kier molecular flexibility index (Phi) is 6.68. The van der Waals surface area contributed by atoms with Crippen molar-refractivity contribution in [1.82, 2.24) is 0 Å². The number of aliphatic carboxylic acids is 1. The van der Waals surface area contributed by atoms with E-state index in [0.717, 1.165) is 23.3 Å². The van der Waals surface area contributed by atoms with Crippen LogP contribution in [0.1, 0.15) is 32.6 Å². The minimum absolute atomic E-state index is 0.188. The normalized spacial score (nSPS) is 13.0. The Morgan fingerprint density at radius 1 is 1.06 bits per heavy atom. The van der Waals surface area contributed by atoms with Crippen LogP contribution in [0.15, 0.2) is 60.7 Å². The van der Waals surface area contributed by atoms with Crippen LogP contribution in [-0.2, 0) is 23.9 Å². The molecule has 1 aliphatic heterocycles. The van der Waals surface area contributed by atoms with Crippen molar-refractivity contribution in [2.45, 2.75) is 26.1 Å². The second-order valence-corrected chi connectivity index (χ2v) is 8.15. The van der Waals surface area contributed by atoms with Crippen LogP contribution in [0, 0.1) is 6.92 Å². The molecule has 1 amide bonds. The molecule has 3 aromatic carbocycles. The number of carboxylic acids is 1. The highest BCUT2D eigenvalue weighted by Crippen LogP contribution is 2.36. The molecule has 0 radical (unpaired) electrons. The number of amides is 1. The Hall–Kier alpha value is -4.01. The van der Waals surface area contributed by atoms with Crippen molar-refractivity contribution in [3.05, 3.63) is 88.5 Å². The Morgan fingerprint density at radius 3 is 2.49 bits per heavy atom. The van der Waals surface area contributed by atoms with Gasteiger partial charge in [0.1, 0.15) is 11.5 Å². The van der Waals surface area contributed by atoms with Crippen LogP contribution in [0.3, 0.4) is 0 Å². The van der Waals surface area contributed by atoms with Gasteiger partial charge in [-0.05, 0) is 66.6 Å². The second-order valence-electron chi connectivity index (χ2n) is 8.15. The number of anilines is 1. The number of alkyl halides is 3. The van der Waals surface area contributed by atoms with E-state index in [1.54, 1.807) is 30.3 Å². The Labute approximate surface area is 199 Å². The van der Waals surface area contributed by atoms with Gasteiger partial charge in [-0.25, -0.2) is 4.79 Å². The first-order valence-electron chi connectivity index (χ1n) is 10.8. The van der Waals surface area contributed by atoms with Gasteiger partial charge in [0.25, 0.3) is 5.91 Å². The van der Waals surface area contributed by atoms with E-state index in [9.17, 15) is 22.8 Å². The molecule has 1 N–H and O–H groups in total. The number of carbonyl (C=O) groups is 2. The summed E-state index contributed by atoms with van der Waals surface area (Å²) < 4.78 is 49.8. The summed E-state index contributed by atoms with van der Waals surface area (Å²) in [4.78, 5) is 25.1. The van der Waals surface area contributed by atoms with Gasteiger partial charge in [0, 0.05) is 23.2 Å². The third-order valence-corrected chi connectivity index (χ3v) is 5.55. The van der Waals surface area contributed by atoms with Gasteiger partial charge in [0.05, 0.1) is 18.7 Å². The van der Waals surface area contributed by atoms with Crippen LogP contribution in [0.25, 0.3) is 0 Å². The molecule has 0 atom stereocenters. The minimum Gasteiger partial charge on any atom is -0.493 e. The molecule has 0 bridgehead atoms. The average Bonchev–Trinajstić information content (AvgIpc) is 3.14. The molecular formula is C26H22F3NO5. The van der Waals surface area contributed by atoms with Crippen molar-refractivity contribution in [2.75, 3.05) is 18.1 Å². The monoisotopic (exact) mass is 485 g/mol. The predicted octanol–water partition coefficient (Wildman–Crippen LogP) is 5.26. The van der Waals surface area contributed by atoms with Crippen LogP contribution in [0.2, 0.25) is 0 Å². The lowest BCUT2D eigenvalue weighted by Crippen LogP contribution is -2.23. The van der Waals surface area contributed by atoms with Crippen LogP contribution in [0.5, 0.6) is 11.5 Å². The quantitative estimate of drug-likeness (QED) is 0.471. The van der Waals surface area contributed by atoms with E-state index in [2.05, 4.69) is 0 Å². The van der Waals surface area contributed by atoms with E-state index in [0.29, 0.717) is 41.3 Å². The van der Waals surface area contributed by atoms with E-state index in [-0.39, 0.29) is 12.5 Å². The van der Waals surface area contributed by atoms with E-state index < -0.39 is 24.3 Å². The molecule has 6 nitrogen and oxygen atoms in total. The molecule has 1 aliphatic rings. The summed E-state index contributed by atoms with van der Waals surface area (Å²) >= 11 is 0. The molecule has 1 heterocycles. The lowest BCUT2D eigenvalue weighted by Gasteiger charge is -2.17. The van der Waals surface area contributed by atoms with Gasteiger partial charge in [-0.3, -0.25) is 4.79 Å². The van der Waals surface area contributed by atoms with Crippen molar-refractivity contribution in [3.63, 3.8) is 0 Å². The highest BCUT2D eigenvalue weighted by atomic mass is 19.4. The number of ether oxygens (including phenoxy) is 2. The topological polar surface area (TPSA) is 76.1 Å². The fourth-order valence-electron chi connectivity index (χ4n) is 3.95. The van der Waals surface area contributed by atoms with Crippen LogP contribution < -0.4 is 14.4 Å². The van der Waals surface area contributed by atoms with Crippen LogP contribution >= 0.6 is 0 Å². The Morgan fingerprint density at radius 2 is 1.80 bits per heavy atom. The predicted molar refractivity (Wildman–Crippen MR) is 122 cm³/mol. The molecule has 3 aromatic rings. The number of hydrogen-bond acceptors (Lipinski definition) is 4. The summed E-state index contributed by atoms with van der Waals surface area (Å²) in [6.45, 7) is 1.93. The lowest BCUT2D eigenvalue weighted by atomic mass is 10.1. The first-order chi connectivity index (χ1) is 16.6. The molecule has 0 saturated heterocycles. The van der Waals surface area contributed by atoms with Crippen molar-refractivity contribution < 1.29 is 37.3 Å². The van der Waals surface area contributed by atoms with Gasteiger partial charge < -0.3 is 19.5 Å². The molecule has 4 rings (SSSR count). The van der Waals surface area contributed by atoms with Crippen LogP contribution in [0.4, 0.5) is 18.9 Å². The number of hydrogen-bond donors (Lipinski definition) is 1. The second kappa shape index (κ2) is 9.69. The van der Waals surface area contributed by atoms with Gasteiger partial charge in [0.15, 0.2) is 6.61 Å². The molecule has 35 heavy (non-hydrogen) atoms. The van der Waals surface area contributed by atoms with Crippen molar-refractivity contribution in [1.29, 1.82) is 0 Å². The zero-order valence-electron chi connectivity index (χ0n) is 18.8. The first-order valence-corrected chi connectivity index (χ1v) is 10.8. The zero-order chi connectivity index (χ0) is 25.2. The summed E-state index contributed by atoms with van der Waals surface area (Å²) in [7, 11) is 0. The maximum Gasteiger partial charge on any atom is 0.416 e. The third-order valence-electron chi connectivity index (χ3n) is 5.55. The number of halogens is 3. The van der Waals surface area contributed by atoms with Crippen molar-refractivity contribution >= 4 is 17.6 Å². The Balaban J connectivity index is 1.44. The zero-order valence-corrected chi connectivity index (χ0v) is 18.8. The molecule has 0 fully saturated rings. The SMILES string of the molecule is Cc1cc(CCOc2cccc3c2CN(c2ccc(C(F)(F)F)cc2)C3=O)cc(OCC(=O)O)c1. The maximum absolute atomic E-state index is 12.9. The fourth-order valence-corrected chi connectivity index (χ4v) is 3.95. The van der Waals surface area contributed by atoms with E-state index in [1.165, 1.54) is 17.0 Å². The van der Waals surface area contributed by atoms with Gasteiger partial charge in [-0.1, -0.05) is 12.1 Å². The van der Waals surface area contributed by atoms with Gasteiger partial charge >= 0.3 is 12.1 Å². The molecule has 9 heteroatoms. The summed E-state index contributed by atoms with van der Waals surface area (Å²) in [5.41, 5.74) is 2.54. The largest absolute Gasteiger partial charge is 0.493 e. The number of aryl methyl sites for hydroxylation is 1. The summed E-state index contributed by atoms with van der Waals surface area (Å²) in [6.07, 6.45) is -3.93. The third kappa shape index (κ3) is 5.56. The lowest BCUT2D eigenvalue weighted by molar-refractivity contribution is -0.139. The van der Waals surface area contributed by atoms with Crippen molar-refractivity contribution in [3.8, 4) is 11.5 Å².